The maximum atomic E-state index is 12.1. The van der Waals surface area contributed by atoms with Gasteiger partial charge in [0.05, 0.1) is 24.0 Å². The third kappa shape index (κ3) is 3.54. The summed E-state index contributed by atoms with van der Waals surface area (Å²) in [4.78, 5) is 20.3. The molecule has 1 aromatic carbocycles. The van der Waals surface area contributed by atoms with E-state index in [0.717, 1.165) is 12.1 Å². The first-order chi connectivity index (χ1) is 10.1. The van der Waals surface area contributed by atoms with Crippen molar-refractivity contribution in [2.24, 2.45) is 0 Å². The lowest BCUT2D eigenvalue weighted by Crippen LogP contribution is -2.15. The molecule has 1 amide bonds. The first-order valence-corrected chi connectivity index (χ1v) is 6.52. The van der Waals surface area contributed by atoms with Gasteiger partial charge < -0.3 is 10.6 Å². The van der Waals surface area contributed by atoms with Crippen LogP contribution in [0.25, 0.3) is 0 Å². The van der Waals surface area contributed by atoms with Crippen molar-refractivity contribution in [3.63, 3.8) is 0 Å². The molecule has 0 spiro atoms. The first-order valence-electron chi connectivity index (χ1n) is 6.52. The van der Waals surface area contributed by atoms with Crippen LogP contribution in [-0.2, 0) is 0 Å². The lowest BCUT2D eigenvalue weighted by atomic mass is 10.1. The minimum Gasteiger partial charge on any atom is -0.369 e. The van der Waals surface area contributed by atoms with Gasteiger partial charge in [-0.05, 0) is 31.5 Å². The molecular formula is C15H15N5O. The summed E-state index contributed by atoms with van der Waals surface area (Å²) in [6, 6.07) is 7.16. The van der Waals surface area contributed by atoms with Crippen LogP contribution in [0.2, 0.25) is 0 Å². The Kier molecular flexibility index (Phi) is 4.46. The van der Waals surface area contributed by atoms with Crippen LogP contribution in [0, 0.1) is 18.3 Å². The van der Waals surface area contributed by atoms with Crippen LogP contribution in [0.1, 0.15) is 28.5 Å². The smallest absolute Gasteiger partial charge is 0.275 e. The lowest BCUT2D eigenvalue weighted by Gasteiger charge is -2.08. The maximum absolute atomic E-state index is 12.1. The SMILES string of the molecule is CCNc1cnc(C(=O)Nc2cc(C#N)ccc2C)cn1. The van der Waals surface area contributed by atoms with Crippen LogP contribution >= 0.6 is 0 Å². The average Bonchev–Trinajstić information content (AvgIpc) is 2.50. The number of nitriles is 1. The second-order valence-corrected chi connectivity index (χ2v) is 4.41. The lowest BCUT2D eigenvalue weighted by molar-refractivity contribution is 0.102. The summed E-state index contributed by atoms with van der Waals surface area (Å²) in [6.07, 6.45) is 2.92. The van der Waals surface area contributed by atoms with Crippen LogP contribution in [-0.4, -0.2) is 22.4 Å². The van der Waals surface area contributed by atoms with Gasteiger partial charge in [0, 0.05) is 12.2 Å². The predicted octanol–water partition coefficient (Wildman–Crippen LogP) is 2.34. The minimum absolute atomic E-state index is 0.221. The van der Waals surface area contributed by atoms with Crippen molar-refractivity contribution >= 4 is 17.4 Å². The highest BCUT2D eigenvalue weighted by Crippen LogP contribution is 2.17. The summed E-state index contributed by atoms with van der Waals surface area (Å²) in [5, 5.41) is 14.6. The zero-order valence-electron chi connectivity index (χ0n) is 11.8. The molecule has 1 heterocycles. The van der Waals surface area contributed by atoms with Gasteiger partial charge in [-0.15, -0.1) is 0 Å². The van der Waals surface area contributed by atoms with E-state index >= 15 is 0 Å². The highest BCUT2D eigenvalue weighted by Gasteiger charge is 2.10. The molecule has 2 N–H and O–H groups in total. The third-order valence-corrected chi connectivity index (χ3v) is 2.86. The molecule has 6 nitrogen and oxygen atoms in total. The summed E-state index contributed by atoms with van der Waals surface area (Å²) in [5.41, 5.74) is 2.18. The van der Waals surface area contributed by atoms with E-state index in [4.69, 9.17) is 5.26 Å². The van der Waals surface area contributed by atoms with E-state index in [2.05, 4.69) is 20.6 Å². The molecule has 0 saturated heterocycles. The van der Waals surface area contributed by atoms with E-state index in [1.54, 1.807) is 18.2 Å². The Labute approximate surface area is 122 Å². The van der Waals surface area contributed by atoms with E-state index in [9.17, 15) is 4.79 Å². The zero-order chi connectivity index (χ0) is 15.2. The number of nitrogens with zero attached hydrogens (tertiary/aromatic N) is 3. The van der Waals surface area contributed by atoms with Crippen LogP contribution in [0.15, 0.2) is 30.6 Å². The van der Waals surface area contributed by atoms with Gasteiger partial charge >= 0.3 is 0 Å². The molecule has 0 unspecified atom stereocenters. The van der Waals surface area contributed by atoms with E-state index in [1.165, 1.54) is 12.4 Å². The van der Waals surface area contributed by atoms with Crippen LogP contribution in [0.5, 0.6) is 0 Å². The summed E-state index contributed by atoms with van der Waals surface area (Å²) < 4.78 is 0. The number of anilines is 2. The molecule has 1 aromatic heterocycles. The van der Waals surface area contributed by atoms with Crippen molar-refractivity contribution in [2.45, 2.75) is 13.8 Å². The number of carbonyl (C=O) groups is 1. The van der Waals surface area contributed by atoms with Gasteiger partial charge in [-0.2, -0.15) is 5.26 Å². The Hall–Kier alpha value is -2.94. The summed E-state index contributed by atoms with van der Waals surface area (Å²) in [6.45, 7) is 4.55. The molecule has 0 bridgehead atoms. The molecule has 0 aliphatic carbocycles. The van der Waals surface area contributed by atoms with Gasteiger partial charge in [-0.25, -0.2) is 9.97 Å². The van der Waals surface area contributed by atoms with Crippen molar-refractivity contribution in [3.05, 3.63) is 47.4 Å². The van der Waals surface area contributed by atoms with Gasteiger partial charge in [0.15, 0.2) is 0 Å². The van der Waals surface area contributed by atoms with Gasteiger partial charge in [0.25, 0.3) is 5.91 Å². The highest BCUT2D eigenvalue weighted by atomic mass is 16.1. The molecule has 0 saturated carbocycles. The fraction of sp³-hybridized carbons (Fsp3) is 0.200. The summed E-state index contributed by atoms with van der Waals surface area (Å²) in [7, 11) is 0. The molecular weight excluding hydrogens is 266 g/mol. The van der Waals surface area contributed by atoms with E-state index in [1.807, 2.05) is 19.9 Å². The number of hydrogen-bond acceptors (Lipinski definition) is 5. The van der Waals surface area contributed by atoms with E-state index in [0.29, 0.717) is 17.1 Å². The quantitative estimate of drug-likeness (QED) is 0.897. The fourth-order valence-corrected chi connectivity index (χ4v) is 1.73. The molecule has 21 heavy (non-hydrogen) atoms. The largest absolute Gasteiger partial charge is 0.369 e. The van der Waals surface area contributed by atoms with E-state index < -0.39 is 0 Å². The van der Waals surface area contributed by atoms with Crippen LogP contribution in [0.3, 0.4) is 0 Å². The second kappa shape index (κ2) is 6.48. The number of aromatic nitrogens is 2. The standard InChI is InChI=1S/C15H15N5O/c1-3-17-14-9-18-13(8-19-14)15(21)20-12-6-11(7-16)5-4-10(12)2/h4-6,8-9H,3H2,1-2H3,(H,17,19)(H,20,21). The number of carbonyl (C=O) groups excluding carboxylic acids is 1. The van der Waals surface area contributed by atoms with Gasteiger partial charge in [0.2, 0.25) is 0 Å². The Morgan fingerprint density at radius 3 is 2.76 bits per heavy atom. The van der Waals surface area contributed by atoms with Crippen molar-refractivity contribution in [2.75, 3.05) is 17.2 Å². The number of aryl methyl sites for hydroxylation is 1. The molecule has 2 rings (SSSR count). The Bertz CT molecular complexity index is 688. The molecule has 0 aliphatic heterocycles. The maximum Gasteiger partial charge on any atom is 0.275 e. The molecule has 0 radical (unpaired) electrons. The Balaban J connectivity index is 2.16. The monoisotopic (exact) mass is 281 g/mol. The second-order valence-electron chi connectivity index (χ2n) is 4.41. The number of benzene rings is 1. The average molecular weight is 281 g/mol. The van der Waals surface area contributed by atoms with Crippen molar-refractivity contribution < 1.29 is 4.79 Å². The molecule has 0 atom stereocenters. The van der Waals surface area contributed by atoms with Crippen molar-refractivity contribution in [3.8, 4) is 6.07 Å². The number of nitrogens with one attached hydrogen (secondary N) is 2. The molecule has 0 fully saturated rings. The first kappa shape index (κ1) is 14.5. The predicted molar refractivity (Wildman–Crippen MR) is 80.0 cm³/mol. The molecule has 6 heteroatoms. The fourth-order valence-electron chi connectivity index (χ4n) is 1.73. The minimum atomic E-state index is -0.358. The molecule has 0 aliphatic rings. The number of rotatable bonds is 4. The topological polar surface area (TPSA) is 90.7 Å². The van der Waals surface area contributed by atoms with Crippen LogP contribution < -0.4 is 10.6 Å². The highest BCUT2D eigenvalue weighted by molar-refractivity contribution is 6.03. The third-order valence-electron chi connectivity index (χ3n) is 2.86. The summed E-state index contributed by atoms with van der Waals surface area (Å²) in [5.74, 6) is 0.264. The number of hydrogen-bond donors (Lipinski definition) is 2. The zero-order valence-corrected chi connectivity index (χ0v) is 11.8. The van der Waals surface area contributed by atoms with Gasteiger partial charge in [0.1, 0.15) is 11.5 Å². The Morgan fingerprint density at radius 1 is 1.33 bits per heavy atom. The van der Waals surface area contributed by atoms with Gasteiger partial charge in [-0.1, -0.05) is 6.07 Å². The van der Waals surface area contributed by atoms with Crippen molar-refractivity contribution in [1.29, 1.82) is 5.26 Å². The molecule has 106 valence electrons. The normalized spacial score (nSPS) is 9.76. The van der Waals surface area contributed by atoms with Crippen molar-refractivity contribution in [1.82, 2.24) is 9.97 Å². The van der Waals surface area contributed by atoms with Crippen LogP contribution in [0.4, 0.5) is 11.5 Å². The summed E-state index contributed by atoms with van der Waals surface area (Å²) >= 11 is 0. The van der Waals surface area contributed by atoms with E-state index in [-0.39, 0.29) is 11.6 Å². The Morgan fingerprint density at radius 2 is 2.14 bits per heavy atom. The van der Waals surface area contributed by atoms with Gasteiger partial charge in [-0.3, -0.25) is 4.79 Å². The number of amides is 1. The molecule has 2 aromatic rings.